The number of nitrogen functional groups attached to an aromatic ring is 1. The van der Waals surface area contributed by atoms with Gasteiger partial charge in [-0.2, -0.15) is 5.10 Å². The number of nitrogens with one attached hydrogen (secondary N) is 1. The molecule has 0 aromatic carbocycles. The van der Waals surface area contributed by atoms with Crippen molar-refractivity contribution in [2.24, 2.45) is 7.05 Å². The average molecular weight is 265 g/mol. The molecule has 8 nitrogen and oxygen atoms in total. The number of aryl methyl sites for hydroxylation is 1. The van der Waals surface area contributed by atoms with Crippen LogP contribution in [0.1, 0.15) is 23.2 Å². The van der Waals surface area contributed by atoms with Gasteiger partial charge >= 0.3 is 0 Å². The maximum Gasteiger partial charge on any atom is 0.257 e. The lowest BCUT2D eigenvalue weighted by atomic mass is 10.0. The maximum absolute atomic E-state index is 12.0. The molecular weight excluding hydrogens is 250 g/mol. The molecule has 0 saturated carbocycles. The second kappa shape index (κ2) is 4.71. The number of piperidine rings is 1. The second-order valence-electron chi connectivity index (χ2n) is 4.42. The van der Waals surface area contributed by atoms with E-state index >= 15 is 0 Å². The minimum Gasteiger partial charge on any atom is -0.383 e. The van der Waals surface area contributed by atoms with Gasteiger partial charge in [-0.1, -0.05) is 0 Å². The number of likely N-dealkylation sites (tertiary alicyclic amines) is 1. The zero-order valence-electron chi connectivity index (χ0n) is 10.7. The summed E-state index contributed by atoms with van der Waals surface area (Å²) in [5.74, 6) is -0.889. The van der Waals surface area contributed by atoms with Crippen molar-refractivity contribution in [3.63, 3.8) is 0 Å². The first-order valence-corrected chi connectivity index (χ1v) is 5.80. The van der Waals surface area contributed by atoms with Crippen LogP contribution >= 0.6 is 0 Å². The van der Waals surface area contributed by atoms with Gasteiger partial charge in [0.15, 0.2) is 0 Å². The molecule has 2 heterocycles. The Morgan fingerprint density at radius 3 is 2.74 bits per heavy atom. The number of nitrogens with two attached hydrogens (primary N) is 1. The average Bonchev–Trinajstić information content (AvgIpc) is 2.71. The molecule has 0 spiro atoms. The molecule has 102 valence electrons. The van der Waals surface area contributed by atoms with Gasteiger partial charge in [0.1, 0.15) is 17.4 Å². The van der Waals surface area contributed by atoms with Gasteiger partial charge in [-0.3, -0.25) is 24.0 Å². The Morgan fingerprint density at radius 1 is 1.47 bits per heavy atom. The molecule has 3 amide bonds. The summed E-state index contributed by atoms with van der Waals surface area (Å²) in [5.41, 5.74) is 5.90. The van der Waals surface area contributed by atoms with Crippen molar-refractivity contribution in [1.29, 1.82) is 0 Å². The first-order valence-electron chi connectivity index (χ1n) is 5.80. The number of nitrogens with zero attached hydrogens (tertiary/aromatic N) is 3. The number of rotatable bonds is 2. The lowest BCUT2D eigenvalue weighted by molar-refractivity contribution is -0.147. The number of likely N-dealkylation sites (N-methyl/N-ethyl adjacent to an activating group) is 1. The van der Waals surface area contributed by atoms with Gasteiger partial charge in [0, 0.05) is 20.5 Å². The van der Waals surface area contributed by atoms with Crippen molar-refractivity contribution >= 4 is 23.5 Å². The Kier molecular flexibility index (Phi) is 3.24. The molecule has 1 aliphatic heterocycles. The monoisotopic (exact) mass is 265 g/mol. The van der Waals surface area contributed by atoms with E-state index in [9.17, 15) is 14.4 Å². The van der Waals surface area contributed by atoms with Crippen LogP contribution in [0.25, 0.3) is 0 Å². The number of hydrogen-bond acceptors (Lipinski definition) is 5. The summed E-state index contributed by atoms with van der Waals surface area (Å²) < 4.78 is 1.37. The zero-order valence-corrected chi connectivity index (χ0v) is 10.7. The van der Waals surface area contributed by atoms with E-state index < -0.39 is 17.9 Å². The number of carbonyl (C=O) groups is 3. The van der Waals surface area contributed by atoms with Gasteiger partial charge in [0.05, 0.1) is 6.20 Å². The molecule has 1 fully saturated rings. The van der Waals surface area contributed by atoms with Gasteiger partial charge in [-0.15, -0.1) is 0 Å². The lowest BCUT2D eigenvalue weighted by Crippen LogP contribution is -2.52. The molecule has 8 heteroatoms. The van der Waals surface area contributed by atoms with E-state index in [1.54, 1.807) is 7.05 Å². The summed E-state index contributed by atoms with van der Waals surface area (Å²) >= 11 is 0. The van der Waals surface area contributed by atoms with Crippen molar-refractivity contribution in [3.8, 4) is 0 Å². The van der Waals surface area contributed by atoms with Crippen LogP contribution < -0.4 is 11.1 Å². The minimum atomic E-state index is -0.699. The quantitative estimate of drug-likeness (QED) is 0.658. The molecule has 1 aromatic heterocycles. The SMILES string of the molecule is CN1C(=O)CCC(NC(=O)c2cnn(C)c2N)C1=O. The Labute approximate surface area is 109 Å². The van der Waals surface area contributed by atoms with E-state index in [0.29, 0.717) is 6.42 Å². The largest absolute Gasteiger partial charge is 0.383 e. The van der Waals surface area contributed by atoms with Crippen molar-refractivity contribution in [2.45, 2.75) is 18.9 Å². The van der Waals surface area contributed by atoms with Crippen molar-refractivity contribution in [2.75, 3.05) is 12.8 Å². The topological polar surface area (TPSA) is 110 Å². The zero-order chi connectivity index (χ0) is 14.2. The number of imide groups is 1. The molecule has 0 radical (unpaired) electrons. The molecule has 1 aliphatic rings. The summed E-state index contributed by atoms with van der Waals surface area (Å²) in [5, 5.41) is 6.43. The highest BCUT2D eigenvalue weighted by Crippen LogP contribution is 2.14. The van der Waals surface area contributed by atoms with Crippen molar-refractivity contribution in [1.82, 2.24) is 20.0 Å². The number of hydrogen-bond donors (Lipinski definition) is 2. The maximum atomic E-state index is 12.0. The molecule has 0 aliphatic carbocycles. The summed E-state index contributed by atoms with van der Waals surface area (Å²) in [4.78, 5) is 36.2. The smallest absolute Gasteiger partial charge is 0.257 e. The highest BCUT2D eigenvalue weighted by Gasteiger charge is 2.33. The third-order valence-corrected chi connectivity index (χ3v) is 3.18. The Hall–Kier alpha value is -2.38. The van der Waals surface area contributed by atoms with Gasteiger partial charge in [0.2, 0.25) is 5.91 Å². The predicted molar refractivity (Wildman–Crippen MR) is 65.9 cm³/mol. The van der Waals surface area contributed by atoms with E-state index in [1.807, 2.05) is 0 Å². The highest BCUT2D eigenvalue weighted by atomic mass is 16.2. The fraction of sp³-hybridized carbons (Fsp3) is 0.455. The Morgan fingerprint density at radius 2 is 2.16 bits per heavy atom. The van der Waals surface area contributed by atoms with E-state index in [1.165, 1.54) is 17.9 Å². The summed E-state index contributed by atoms with van der Waals surface area (Å²) in [7, 11) is 3.02. The van der Waals surface area contributed by atoms with Crippen LogP contribution in [0.15, 0.2) is 6.20 Å². The fourth-order valence-corrected chi connectivity index (χ4v) is 1.91. The Bertz CT molecular complexity index is 551. The molecule has 3 N–H and O–H groups in total. The Balaban J connectivity index is 2.09. The molecule has 1 atom stereocenters. The first kappa shape index (κ1) is 13.1. The molecule has 1 unspecified atom stereocenters. The second-order valence-corrected chi connectivity index (χ2v) is 4.42. The van der Waals surface area contributed by atoms with Gasteiger partial charge in [0.25, 0.3) is 11.8 Å². The van der Waals surface area contributed by atoms with Gasteiger partial charge in [-0.05, 0) is 6.42 Å². The molecule has 1 saturated heterocycles. The normalized spacial score (nSPS) is 19.7. The molecular formula is C11H15N5O3. The van der Waals surface area contributed by atoms with Crippen LogP contribution in [-0.2, 0) is 16.6 Å². The molecule has 0 bridgehead atoms. The van der Waals surface area contributed by atoms with Crippen molar-refractivity contribution < 1.29 is 14.4 Å². The van der Waals surface area contributed by atoms with Crippen LogP contribution in [0, 0.1) is 0 Å². The van der Waals surface area contributed by atoms with Crippen LogP contribution in [0.2, 0.25) is 0 Å². The lowest BCUT2D eigenvalue weighted by Gasteiger charge is -2.28. The van der Waals surface area contributed by atoms with E-state index in [4.69, 9.17) is 5.73 Å². The van der Waals surface area contributed by atoms with Crippen LogP contribution in [0.5, 0.6) is 0 Å². The van der Waals surface area contributed by atoms with Crippen LogP contribution in [-0.4, -0.2) is 45.5 Å². The number of anilines is 1. The van der Waals surface area contributed by atoms with E-state index in [2.05, 4.69) is 10.4 Å². The minimum absolute atomic E-state index is 0.217. The fourth-order valence-electron chi connectivity index (χ4n) is 1.91. The predicted octanol–water partition coefficient (Wildman–Crippen LogP) is -1.12. The third kappa shape index (κ3) is 2.28. The van der Waals surface area contributed by atoms with Crippen LogP contribution in [0.4, 0.5) is 5.82 Å². The molecule has 19 heavy (non-hydrogen) atoms. The van der Waals surface area contributed by atoms with Gasteiger partial charge in [-0.25, -0.2) is 0 Å². The summed E-state index contributed by atoms with van der Waals surface area (Å²) in [6.07, 6.45) is 1.87. The third-order valence-electron chi connectivity index (χ3n) is 3.18. The van der Waals surface area contributed by atoms with Crippen LogP contribution in [0.3, 0.4) is 0 Å². The first-order chi connectivity index (χ1) is 8.91. The molecule has 2 rings (SSSR count). The van der Waals surface area contributed by atoms with E-state index in [0.717, 1.165) is 4.90 Å². The van der Waals surface area contributed by atoms with Crippen molar-refractivity contribution in [3.05, 3.63) is 11.8 Å². The summed E-state index contributed by atoms with van der Waals surface area (Å²) in [6.45, 7) is 0. The number of carbonyl (C=O) groups excluding carboxylic acids is 3. The number of amides is 3. The number of aromatic nitrogens is 2. The molecule has 1 aromatic rings. The summed E-state index contributed by atoms with van der Waals surface area (Å²) in [6, 6.07) is -0.699. The van der Waals surface area contributed by atoms with E-state index in [-0.39, 0.29) is 23.7 Å². The van der Waals surface area contributed by atoms with Gasteiger partial charge < -0.3 is 11.1 Å². The standard InChI is InChI=1S/C11H15N5O3/c1-15-8(17)4-3-7(11(15)19)14-10(18)6-5-13-16(2)9(6)12/h5,7H,3-4,12H2,1-2H3,(H,14,18). The highest BCUT2D eigenvalue weighted by molar-refractivity contribution is 6.04.